The van der Waals surface area contributed by atoms with Gasteiger partial charge in [0, 0.05) is 30.3 Å². The molecule has 2 aromatic heterocycles. The number of benzene rings is 1. The highest BCUT2D eigenvalue weighted by atomic mass is 35.5. The SMILES string of the molecule is Cc1cc(Nc2ncc(Cl)c(Nc3cn(C)nc3[S+]([O-])C(C)C)n2)c(OC2CC2)cc1[C@H]1CC[C@@H](NC2CC2)CC1. The molecule has 3 fully saturated rings. The number of nitrogens with zero attached hydrogens (tertiary/aromatic N) is 4. The van der Waals surface area contributed by atoms with Gasteiger partial charge in [-0.05, 0) is 101 Å². The number of hydrogen-bond acceptors (Lipinski definition) is 8. The van der Waals surface area contributed by atoms with Crippen molar-refractivity contribution in [3.05, 3.63) is 40.7 Å². The Kier molecular flexibility index (Phi) is 8.36. The molecular formula is C30H40ClN7O2S. The molecule has 0 saturated heterocycles. The van der Waals surface area contributed by atoms with Crippen molar-refractivity contribution in [2.24, 2.45) is 7.05 Å². The number of halogens is 1. The minimum Gasteiger partial charge on any atom is -0.610 e. The summed E-state index contributed by atoms with van der Waals surface area (Å²) in [5.74, 6) is 2.21. The van der Waals surface area contributed by atoms with Crippen molar-refractivity contribution in [2.75, 3.05) is 10.6 Å². The Balaban J connectivity index is 1.22. The molecule has 6 rings (SSSR count). The minimum atomic E-state index is -1.27. The average molecular weight is 598 g/mol. The Labute approximate surface area is 250 Å². The van der Waals surface area contributed by atoms with Crippen LogP contribution in [0.1, 0.15) is 82.3 Å². The maximum atomic E-state index is 12.8. The molecule has 0 bridgehead atoms. The standard InChI is InChI=1S/C30H40ClN7O2S/c1-17(2)41(39)29-26(16-38(4)37-29)34-28-24(31)15-32-30(36-28)35-25-13-18(3)23(14-27(25)40-22-11-12-22)19-5-7-20(8-6-19)33-21-9-10-21/h13-17,19-22,33H,5-12H2,1-4H3,(H2,32,34,35,36)/t19-,20+,41?. The summed E-state index contributed by atoms with van der Waals surface area (Å²) in [5.41, 5.74) is 4.08. The van der Waals surface area contributed by atoms with Crippen molar-refractivity contribution in [3.63, 3.8) is 0 Å². The van der Waals surface area contributed by atoms with Crippen LogP contribution >= 0.6 is 11.6 Å². The minimum absolute atomic E-state index is 0.0749. The number of nitrogens with one attached hydrogen (secondary N) is 3. The quantitative estimate of drug-likeness (QED) is 0.215. The maximum Gasteiger partial charge on any atom is 0.286 e. The first kappa shape index (κ1) is 28.6. The van der Waals surface area contributed by atoms with Crippen LogP contribution in [-0.4, -0.2) is 47.7 Å². The Morgan fingerprint density at radius 1 is 1.02 bits per heavy atom. The van der Waals surface area contributed by atoms with E-state index in [-0.39, 0.29) is 11.4 Å². The van der Waals surface area contributed by atoms with Crippen molar-refractivity contribution < 1.29 is 9.29 Å². The van der Waals surface area contributed by atoms with Crippen molar-refractivity contribution in [2.45, 2.75) is 107 Å². The van der Waals surface area contributed by atoms with E-state index < -0.39 is 11.2 Å². The fraction of sp³-hybridized carbons (Fsp3) is 0.567. The van der Waals surface area contributed by atoms with Crippen LogP contribution in [-0.2, 0) is 18.2 Å². The summed E-state index contributed by atoms with van der Waals surface area (Å²) in [6.07, 6.45) is 13.3. The van der Waals surface area contributed by atoms with E-state index in [1.165, 1.54) is 49.7 Å². The predicted molar refractivity (Wildman–Crippen MR) is 164 cm³/mol. The summed E-state index contributed by atoms with van der Waals surface area (Å²) in [4.78, 5) is 9.11. The van der Waals surface area contributed by atoms with Gasteiger partial charge in [-0.3, -0.25) is 4.68 Å². The molecule has 0 radical (unpaired) electrons. The van der Waals surface area contributed by atoms with Gasteiger partial charge in [-0.2, -0.15) is 4.98 Å². The third-order valence-corrected chi connectivity index (χ3v) is 9.87. The highest BCUT2D eigenvalue weighted by Crippen LogP contribution is 2.42. The molecule has 3 aliphatic carbocycles. The topological polar surface area (TPSA) is 112 Å². The fourth-order valence-electron chi connectivity index (χ4n) is 5.55. The van der Waals surface area contributed by atoms with Gasteiger partial charge < -0.3 is 25.2 Å². The van der Waals surface area contributed by atoms with Crippen LogP contribution in [0.3, 0.4) is 0 Å². The van der Waals surface area contributed by atoms with Gasteiger partial charge in [-0.1, -0.05) is 11.6 Å². The van der Waals surface area contributed by atoms with E-state index in [1.807, 2.05) is 13.8 Å². The second-order valence-electron chi connectivity index (χ2n) is 12.0. The zero-order chi connectivity index (χ0) is 28.7. The third kappa shape index (κ3) is 6.93. The lowest BCUT2D eigenvalue weighted by Crippen LogP contribution is -2.34. The number of ether oxygens (including phenoxy) is 1. The molecule has 1 atom stereocenters. The van der Waals surface area contributed by atoms with Crippen molar-refractivity contribution >= 4 is 45.9 Å². The van der Waals surface area contributed by atoms with Crippen LogP contribution in [0.4, 0.5) is 23.1 Å². The fourth-order valence-corrected chi connectivity index (χ4v) is 6.66. The lowest BCUT2D eigenvalue weighted by molar-refractivity contribution is 0.303. The van der Waals surface area contributed by atoms with Gasteiger partial charge in [0.2, 0.25) is 5.95 Å². The molecule has 3 saturated carbocycles. The molecule has 3 aromatic rings. The highest BCUT2D eigenvalue weighted by molar-refractivity contribution is 7.92. The van der Waals surface area contributed by atoms with Crippen LogP contribution in [0, 0.1) is 6.92 Å². The molecule has 41 heavy (non-hydrogen) atoms. The highest BCUT2D eigenvalue weighted by Gasteiger charge is 2.31. The number of rotatable bonds is 11. The van der Waals surface area contributed by atoms with Crippen LogP contribution in [0.15, 0.2) is 29.6 Å². The molecule has 3 N–H and O–H groups in total. The van der Waals surface area contributed by atoms with Crippen LogP contribution in [0.5, 0.6) is 5.75 Å². The van der Waals surface area contributed by atoms with Gasteiger partial charge in [-0.15, -0.1) is 5.10 Å². The first-order chi connectivity index (χ1) is 19.7. The molecule has 9 nitrogen and oxygen atoms in total. The largest absolute Gasteiger partial charge is 0.610 e. The molecule has 1 aromatic carbocycles. The van der Waals surface area contributed by atoms with E-state index in [4.69, 9.17) is 16.3 Å². The van der Waals surface area contributed by atoms with Gasteiger partial charge in [0.1, 0.15) is 21.7 Å². The molecule has 11 heteroatoms. The van der Waals surface area contributed by atoms with Crippen LogP contribution in [0.25, 0.3) is 0 Å². The average Bonchev–Trinajstić information content (AvgIpc) is 3.88. The summed E-state index contributed by atoms with van der Waals surface area (Å²) in [5, 5.41) is 15.6. The number of anilines is 4. The second kappa shape index (κ2) is 12.0. The number of hydrogen-bond donors (Lipinski definition) is 3. The van der Waals surface area contributed by atoms with Crippen LogP contribution in [0.2, 0.25) is 5.02 Å². The molecule has 3 aliphatic rings. The second-order valence-corrected chi connectivity index (χ2v) is 14.4. The Morgan fingerprint density at radius 2 is 1.73 bits per heavy atom. The van der Waals surface area contributed by atoms with Gasteiger partial charge in [0.15, 0.2) is 5.82 Å². The van der Waals surface area contributed by atoms with Crippen molar-refractivity contribution in [3.8, 4) is 5.75 Å². The Bertz CT molecular complexity index is 1380. The first-order valence-electron chi connectivity index (χ1n) is 14.8. The Hall–Kier alpha value is -2.53. The van der Waals surface area contributed by atoms with Crippen molar-refractivity contribution in [1.29, 1.82) is 0 Å². The van der Waals surface area contributed by atoms with E-state index in [0.29, 0.717) is 39.5 Å². The first-order valence-corrected chi connectivity index (χ1v) is 16.4. The Morgan fingerprint density at radius 3 is 2.39 bits per heavy atom. The van der Waals surface area contributed by atoms with Gasteiger partial charge in [0.25, 0.3) is 5.03 Å². The number of aryl methyl sites for hydroxylation is 2. The smallest absolute Gasteiger partial charge is 0.286 e. The zero-order valence-electron chi connectivity index (χ0n) is 24.2. The van der Waals surface area contributed by atoms with Gasteiger partial charge in [-0.25, -0.2) is 4.98 Å². The molecule has 0 amide bonds. The monoisotopic (exact) mass is 597 g/mol. The lowest BCUT2D eigenvalue weighted by atomic mass is 9.80. The van der Waals surface area contributed by atoms with Crippen molar-refractivity contribution in [1.82, 2.24) is 25.1 Å². The summed E-state index contributed by atoms with van der Waals surface area (Å²) in [6, 6.07) is 5.84. The number of aromatic nitrogens is 4. The maximum absolute atomic E-state index is 12.8. The van der Waals surface area contributed by atoms with Crippen LogP contribution < -0.4 is 20.7 Å². The predicted octanol–water partition coefficient (Wildman–Crippen LogP) is 6.49. The zero-order valence-corrected chi connectivity index (χ0v) is 25.8. The third-order valence-electron chi connectivity index (χ3n) is 8.06. The molecular weight excluding hydrogens is 558 g/mol. The lowest BCUT2D eigenvalue weighted by Gasteiger charge is -2.31. The summed E-state index contributed by atoms with van der Waals surface area (Å²) >= 11 is 5.21. The van der Waals surface area contributed by atoms with Gasteiger partial charge in [0.05, 0.1) is 24.2 Å². The normalized spacial score (nSPS) is 21.6. The van der Waals surface area contributed by atoms with E-state index in [1.54, 1.807) is 24.1 Å². The van der Waals surface area contributed by atoms with E-state index >= 15 is 0 Å². The van der Waals surface area contributed by atoms with E-state index in [2.05, 4.69) is 50.1 Å². The molecule has 220 valence electrons. The molecule has 0 aliphatic heterocycles. The molecule has 0 spiro atoms. The van der Waals surface area contributed by atoms with E-state index in [0.717, 1.165) is 30.3 Å². The van der Waals surface area contributed by atoms with E-state index in [9.17, 15) is 4.55 Å². The molecule has 1 unspecified atom stereocenters. The molecule has 2 heterocycles. The summed E-state index contributed by atoms with van der Waals surface area (Å²) < 4.78 is 20.9. The summed E-state index contributed by atoms with van der Waals surface area (Å²) in [6.45, 7) is 5.99. The summed E-state index contributed by atoms with van der Waals surface area (Å²) in [7, 11) is 1.80. The van der Waals surface area contributed by atoms with Gasteiger partial charge >= 0.3 is 0 Å².